The summed E-state index contributed by atoms with van der Waals surface area (Å²) in [5.74, 6) is 1.66. The molecule has 0 saturated carbocycles. The minimum absolute atomic E-state index is 0.00514. The Balaban J connectivity index is 2.28. The molecule has 0 aliphatic heterocycles. The number of hydrogen-bond donors (Lipinski definition) is 0. The highest BCUT2D eigenvalue weighted by Crippen LogP contribution is 2.38. The molecule has 0 spiro atoms. The van der Waals surface area contributed by atoms with Crippen LogP contribution in [-0.4, -0.2) is 31.9 Å². The van der Waals surface area contributed by atoms with Crippen molar-refractivity contribution in [3.05, 3.63) is 53.1 Å². The lowest BCUT2D eigenvalue weighted by molar-refractivity contribution is 0.0151. The third-order valence-corrected chi connectivity index (χ3v) is 4.80. The second-order valence-corrected chi connectivity index (χ2v) is 8.38. The summed E-state index contributed by atoms with van der Waals surface area (Å²) in [5, 5.41) is 0. The monoisotopic (exact) mass is 382 g/mol. The second kappa shape index (κ2) is 9.24. The lowest BCUT2D eigenvalue weighted by atomic mass is 9.84. The number of methoxy groups -OCH3 is 1. The largest absolute Gasteiger partial charge is 0.457 e. The van der Waals surface area contributed by atoms with Crippen molar-refractivity contribution in [2.45, 2.75) is 47.6 Å². The van der Waals surface area contributed by atoms with Crippen LogP contribution in [-0.2, 0) is 4.74 Å². The van der Waals surface area contributed by atoms with Crippen molar-refractivity contribution < 1.29 is 9.47 Å². The number of aliphatic imine (C=N–C) groups is 1. The number of benzene rings is 2. The molecule has 152 valence electrons. The molecule has 0 N–H and O–H groups in total. The summed E-state index contributed by atoms with van der Waals surface area (Å²) in [6.07, 6.45) is 1.87. The lowest BCUT2D eigenvalue weighted by Crippen LogP contribution is -2.20. The summed E-state index contributed by atoms with van der Waals surface area (Å²) in [6, 6.07) is 12.3. The van der Waals surface area contributed by atoms with Gasteiger partial charge in [0.05, 0.1) is 18.1 Å². The Bertz CT molecular complexity index is 822. The first-order valence-electron chi connectivity index (χ1n) is 9.82. The molecule has 0 fully saturated rings. The van der Waals surface area contributed by atoms with Crippen LogP contribution >= 0.6 is 0 Å². The summed E-state index contributed by atoms with van der Waals surface area (Å²) < 4.78 is 12.0. The van der Waals surface area contributed by atoms with E-state index in [1.807, 2.05) is 37.3 Å². The number of nitrogens with zero attached hydrogens (tertiary/aromatic N) is 2. The standard InChI is InChI=1S/C24H34N2O2/c1-9-26(7)16-25-21-13-18(3)22(14-17(21)2)28-20-12-10-11-19(15-20)23(27-8)24(4,5)6/h10-16,23H,9H2,1-8H3. The maximum atomic E-state index is 6.22. The molecular weight excluding hydrogens is 348 g/mol. The predicted molar refractivity (Wildman–Crippen MR) is 118 cm³/mol. The van der Waals surface area contributed by atoms with Crippen LogP contribution in [0.25, 0.3) is 0 Å². The molecule has 2 aromatic carbocycles. The fourth-order valence-electron chi connectivity index (χ4n) is 3.12. The molecule has 1 unspecified atom stereocenters. The summed E-state index contributed by atoms with van der Waals surface area (Å²) in [6.45, 7) is 13.7. The molecule has 1 atom stereocenters. The maximum Gasteiger partial charge on any atom is 0.130 e. The average Bonchev–Trinajstić information content (AvgIpc) is 2.62. The van der Waals surface area contributed by atoms with E-state index in [-0.39, 0.29) is 11.5 Å². The van der Waals surface area contributed by atoms with Gasteiger partial charge < -0.3 is 14.4 Å². The van der Waals surface area contributed by atoms with Crippen molar-refractivity contribution >= 4 is 12.0 Å². The van der Waals surface area contributed by atoms with Gasteiger partial charge in [-0.3, -0.25) is 0 Å². The van der Waals surface area contributed by atoms with E-state index in [1.54, 1.807) is 7.11 Å². The van der Waals surface area contributed by atoms with E-state index in [0.717, 1.165) is 40.4 Å². The van der Waals surface area contributed by atoms with E-state index >= 15 is 0 Å². The van der Waals surface area contributed by atoms with Crippen LogP contribution in [0.1, 0.15) is 50.5 Å². The molecule has 0 aromatic heterocycles. The summed E-state index contributed by atoms with van der Waals surface area (Å²) in [5.41, 5.74) is 4.23. The Labute approximate surface area is 170 Å². The number of aryl methyl sites for hydroxylation is 2. The van der Waals surface area contributed by atoms with Crippen LogP contribution in [0.3, 0.4) is 0 Å². The number of ether oxygens (including phenoxy) is 2. The van der Waals surface area contributed by atoms with Crippen LogP contribution in [0.2, 0.25) is 0 Å². The third-order valence-electron chi connectivity index (χ3n) is 4.80. The van der Waals surface area contributed by atoms with Crippen LogP contribution in [0.15, 0.2) is 41.4 Å². The first kappa shape index (κ1) is 22.0. The molecule has 2 aromatic rings. The number of hydrogen-bond acceptors (Lipinski definition) is 3. The summed E-state index contributed by atoms with van der Waals surface area (Å²) in [4.78, 5) is 6.64. The van der Waals surface area contributed by atoms with Crippen molar-refractivity contribution in [1.29, 1.82) is 0 Å². The molecule has 0 amide bonds. The van der Waals surface area contributed by atoms with Gasteiger partial charge >= 0.3 is 0 Å². The zero-order valence-corrected chi connectivity index (χ0v) is 18.5. The Kier molecular flexibility index (Phi) is 7.25. The summed E-state index contributed by atoms with van der Waals surface area (Å²) >= 11 is 0. The van der Waals surface area contributed by atoms with Crippen LogP contribution < -0.4 is 4.74 Å². The molecule has 0 aliphatic carbocycles. The van der Waals surface area contributed by atoms with Gasteiger partial charge in [-0.2, -0.15) is 0 Å². The minimum atomic E-state index is 0.00514. The molecule has 2 rings (SSSR count). The summed E-state index contributed by atoms with van der Waals surface area (Å²) in [7, 11) is 3.77. The van der Waals surface area contributed by atoms with E-state index in [1.165, 1.54) is 0 Å². The van der Waals surface area contributed by atoms with E-state index < -0.39 is 0 Å². The first-order chi connectivity index (χ1) is 13.2. The lowest BCUT2D eigenvalue weighted by Gasteiger charge is -2.30. The van der Waals surface area contributed by atoms with E-state index in [2.05, 4.69) is 63.9 Å². The van der Waals surface area contributed by atoms with Gasteiger partial charge in [-0.25, -0.2) is 4.99 Å². The second-order valence-electron chi connectivity index (χ2n) is 8.38. The first-order valence-corrected chi connectivity index (χ1v) is 9.82. The highest BCUT2D eigenvalue weighted by atomic mass is 16.5. The fourth-order valence-corrected chi connectivity index (χ4v) is 3.12. The molecule has 0 aliphatic rings. The maximum absolute atomic E-state index is 6.22. The normalized spacial score (nSPS) is 13.0. The van der Waals surface area contributed by atoms with Crippen molar-refractivity contribution in [3.8, 4) is 11.5 Å². The molecule has 0 bridgehead atoms. The van der Waals surface area contributed by atoms with Crippen LogP contribution in [0.4, 0.5) is 5.69 Å². The van der Waals surface area contributed by atoms with Crippen molar-refractivity contribution in [3.63, 3.8) is 0 Å². The third kappa shape index (κ3) is 5.59. The van der Waals surface area contributed by atoms with Gasteiger partial charge in [0.2, 0.25) is 0 Å². The average molecular weight is 383 g/mol. The molecule has 0 saturated heterocycles. The van der Waals surface area contributed by atoms with Crippen LogP contribution in [0, 0.1) is 19.3 Å². The van der Waals surface area contributed by atoms with Gasteiger partial charge in [0.15, 0.2) is 0 Å². The quantitative estimate of drug-likeness (QED) is 0.408. The van der Waals surface area contributed by atoms with Crippen molar-refractivity contribution in [1.82, 2.24) is 4.90 Å². The molecular formula is C24H34N2O2. The van der Waals surface area contributed by atoms with Crippen molar-refractivity contribution in [2.75, 3.05) is 20.7 Å². The van der Waals surface area contributed by atoms with Gasteiger partial charge in [-0.1, -0.05) is 32.9 Å². The van der Waals surface area contributed by atoms with Crippen LogP contribution in [0.5, 0.6) is 11.5 Å². The predicted octanol–water partition coefficient (Wildman–Crippen LogP) is 6.44. The topological polar surface area (TPSA) is 34.1 Å². The van der Waals surface area contributed by atoms with Crippen molar-refractivity contribution in [2.24, 2.45) is 10.4 Å². The zero-order valence-electron chi connectivity index (χ0n) is 18.5. The molecule has 4 heteroatoms. The fraction of sp³-hybridized carbons (Fsp3) is 0.458. The SMILES string of the molecule is CCN(C)C=Nc1cc(C)c(Oc2cccc(C(OC)C(C)(C)C)c2)cc1C. The molecule has 0 radical (unpaired) electrons. The Morgan fingerprint density at radius 1 is 1.11 bits per heavy atom. The minimum Gasteiger partial charge on any atom is -0.457 e. The van der Waals surface area contributed by atoms with Gasteiger partial charge in [-0.15, -0.1) is 0 Å². The zero-order chi connectivity index (χ0) is 20.9. The molecule has 4 nitrogen and oxygen atoms in total. The Hall–Kier alpha value is -2.33. The Morgan fingerprint density at radius 2 is 1.82 bits per heavy atom. The number of rotatable bonds is 7. The smallest absolute Gasteiger partial charge is 0.130 e. The van der Waals surface area contributed by atoms with E-state index in [9.17, 15) is 0 Å². The molecule has 28 heavy (non-hydrogen) atoms. The molecule has 0 heterocycles. The van der Waals surface area contributed by atoms with E-state index in [0.29, 0.717) is 0 Å². The van der Waals surface area contributed by atoms with E-state index in [4.69, 9.17) is 9.47 Å². The van der Waals surface area contributed by atoms with Gasteiger partial charge in [0.1, 0.15) is 11.5 Å². The highest BCUT2D eigenvalue weighted by molar-refractivity contribution is 5.64. The van der Waals surface area contributed by atoms with Gasteiger partial charge in [-0.05, 0) is 67.1 Å². The van der Waals surface area contributed by atoms with Gasteiger partial charge in [0, 0.05) is 20.7 Å². The van der Waals surface area contributed by atoms with Gasteiger partial charge in [0.25, 0.3) is 0 Å². The Morgan fingerprint density at radius 3 is 2.43 bits per heavy atom. The highest BCUT2D eigenvalue weighted by Gasteiger charge is 2.26.